The number of nitrogens with one attached hydrogen (secondary N) is 1. The molecule has 0 radical (unpaired) electrons. The molecule has 1 aromatic rings. The zero-order chi connectivity index (χ0) is 14.5. The van der Waals surface area contributed by atoms with E-state index in [4.69, 9.17) is 0 Å². The van der Waals surface area contributed by atoms with Crippen molar-refractivity contribution in [1.29, 1.82) is 0 Å². The quantitative estimate of drug-likeness (QED) is 0.868. The third-order valence-corrected chi connectivity index (χ3v) is 4.36. The number of hydrogen-bond acceptors (Lipinski definition) is 2. The Hall–Kier alpha value is -1.00. The Labute approximate surface area is 119 Å². The van der Waals surface area contributed by atoms with Crippen molar-refractivity contribution in [3.05, 3.63) is 35.4 Å². The monoisotopic (exact) mass is 283 g/mol. The molecule has 1 aliphatic carbocycles. The number of hydrogen-bond donors (Lipinski definition) is 2. The lowest BCUT2D eigenvalue weighted by molar-refractivity contribution is 0.165. The topological polar surface area (TPSA) is 32.3 Å². The lowest BCUT2D eigenvalue weighted by Crippen LogP contribution is -2.32. The summed E-state index contributed by atoms with van der Waals surface area (Å²) < 4.78 is 25.9. The van der Waals surface area contributed by atoms with Crippen molar-refractivity contribution in [2.45, 2.75) is 38.7 Å². The number of aliphatic hydroxyl groups excluding tert-OH is 1. The molecule has 0 spiro atoms. The van der Waals surface area contributed by atoms with Crippen LogP contribution in [0.25, 0.3) is 0 Å². The number of aliphatic hydroxyl groups is 1. The summed E-state index contributed by atoms with van der Waals surface area (Å²) in [5.74, 6) is -0.426. The fraction of sp³-hybridized carbons (Fsp3) is 0.625. The van der Waals surface area contributed by atoms with Crippen LogP contribution in [0, 0.1) is 23.5 Å². The zero-order valence-electron chi connectivity index (χ0n) is 11.9. The molecule has 0 heterocycles. The van der Waals surface area contributed by atoms with E-state index in [1.807, 2.05) is 0 Å². The van der Waals surface area contributed by atoms with E-state index in [9.17, 15) is 13.9 Å². The first-order valence-electron chi connectivity index (χ1n) is 7.41. The van der Waals surface area contributed by atoms with Crippen LogP contribution in [0.2, 0.25) is 0 Å². The van der Waals surface area contributed by atoms with Crippen molar-refractivity contribution in [2.75, 3.05) is 13.1 Å². The standard InChI is InChI=1S/C16H23F2NO/c1-11-4-2-3-5-13(11)9-19-10-16(20)12-6-7-14(17)15(18)8-12/h6-8,11,13,16,19-20H,2-5,9-10H2,1H3. The first-order valence-corrected chi connectivity index (χ1v) is 7.41. The third kappa shape index (κ3) is 4.00. The van der Waals surface area contributed by atoms with Crippen LogP contribution in [0.3, 0.4) is 0 Å². The van der Waals surface area contributed by atoms with E-state index >= 15 is 0 Å². The molecule has 2 rings (SSSR count). The van der Waals surface area contributed by atoms with Crippen molar-refractivity contribution in [2.24, 2.45) is 11.8 Å². The summed E-state index contributed by atoms with van der Waals surface area (Å²) in [4.78, 5) is 0. The Morgan fingerprint density at radius 1 is 1.25 bits per heavy atom. The third-order valence-electron chi connectivity index (χ3n) is 4.36. The minimum Gasteiger partial charge on any atom is -0.387 e. The van der Waals surface area contributed by atoms with Gasteiger partial charge >= 0.3 is 0 Å². The molecule has 0 amide bonds. The molecular weight excluding hydrogens is 260 g/mol. The van der Waals surface area contributed by atoms with Crippen molar-refractivity contribution >= 4 is 0 Å². The minimum atomic E-state index is -0.914. The van der Waals surface area contributed by atoms with Gasteiger partial charge in [-0.1, -0.05) is 32.3 Å². The maximum absolute atomic E-state index is 13.1. The summed E-state index contributed by atoms with van der Waals surface area (Å²) in [6.45, 7) is 3.52. The predicted molar refractivity (Wildman–Crippen MR) is 75.3 cm³/mol. The highest BCUT2D eigenvalue weighted by Crippen LogP contribution is 2.29. The Kier molecular flexibility index (Phi) is 5.49. The molecule has 2 N–H and O–H groups in total. The Bertz CT molecular complexity index is 438. The minimum absolute atomic E-state index is 0.369. The van der Waals surface area contributed by atoms with E-state index in [0.717, 1.165) is 24.6 Å². The Morgan fingerprint density at radius 2 is 2.00 bits per heavy atom. The second-order valence-electron chi connectivity index (χ2n) is 5.87. The lowest BCUT2D eigenvalue weighted by Gasteiger charge is -2.29. The van der Waals surface area contributed by atoms with E-state index in [-0.39, 0.29) is 0 Å². The van der Waals surface area contributed by atoms with Crippen LogP contribution < -0.4 is 5.32 Å². The maximum Gasteiger partial charge on any atom is 0.159 e. The molecule has 112 valence electrons. The molecule has 1 saturated carbocycles. The van der Waals surface area contributed by atoms with E-state index in [0.29, 0.717) is 18.0 Å². The average Bonchev–Trinajstić information content (AvgIpc) is 2.44. The SMILES string of the molecule is CC1CCCCC1CNCC(O)c1ccc(F)c(F)c1. The van der Waals surface area contributed by atoms with Crippen LogP contribution in [0.5, 0.6) is 0 Å². The van der Waals surface area contributed by atoms with Gasteiger partial charge in [0.25, 0.3) is 0 Å². The second kappa shape index (κ2) is 7.14. The van der Waals surface area contributed by atoms with E-state index in [1.165, 1.54) is 31.7 Å². The molecule has 20 heavy (non-hydrogen) atoms. The summed E-state index contributed by atoms with van der Waals surface area (Å²) in [6.07, 6.45) is 4.30. The van der Waals surface area contributed by atoms with Crippen molar-refractivity contribution < 1.29 is 13.9 Å². The molecule has 0 saturated heterocycles. The molecule has 1 fully saturated rings. The first-order chi connectivity index (χ1) is 9.58. The van der Waals surface area contributed by atoms with Crippen LogP contribution in [0.4, 0.5) is 8.78 Å². The van der Waals surface area contributed by atoms with Gasteiger partial charge in [0.05, 0.1) is 6.10 Å². The van der Waals surface area contributed by atoms with Gasteiger partial charge in [-0.25, -0.2) is 8.78 Å². The van der Waals surface area contributed by atoms with Gasteiger partial charge in [-0.3, -0.25) is 0 Å². The van der Waals surface area contributed by atoms with Crippen LogP contribution in [0.1, 0.15) is 44.3 Å². The van der Waals surface area contributed by atoms with Crippen molar-refractivity contribution in [1.82, 2.24) is 5.32 Å². The fourth-order valence-electron chi connectivity index (χ4n) is 2.94. The maximum atomic E-state index is 13.1. The highest BCUT2D eigenvalue weighted by Gasteiger charge is 2.21. The van der Waals surface area contributed by atoms with Crippen LogP contribution in [0.15, 0.2) is 18.2 Å². The second-order valence-corrected chi connectivity index (χ2v) is 5.87. The molecule has 0 aliphatic heterocycles. The number of rotatable bonds is 5. The van der Waals surface area contributed by atoms with Gasteiger partial charge in [-0.2, -0.15) is 0 Å². The molecule has 3 atom stereocenters. The normalized spacial score (nSPS) is 24.6. The smallest absolute Gasteiger partial charge is 0.159 e. The average molecular weight is 283 g/mol. The highest BCUT2D eigenvalue weighted by molar-refractivity contribution is 5.20. The lowest BCUT2D eigenvalue weighted by atomic mass is 9.80. The van der Waals surface area contributed by atoms with Crippen molar-refractivity contribution in [3.63, 3.8) is 0 Å². The van der Waals surface area contributed by atoms with E-state index < -0.39 is 17.7 Å². The molecule has 1 aliphatic rings. The predicted octanol–water partition coefficient (Wildman–Crippen LogP) is 3.41. The van der Waals surface area contributed by atoms with Gasteiger partial charge in [0, 0.05) is 6.54 Å². The first kappa shape index (κ1) is 15.4. The largest absolute Gasteiger partial charge is 0.387 e. The van der Waals surface area contributed by atoms with Crippen molar-refractivity contribution in [3.8, 4) is 0 Å². The summed E-state index contributed by atoms with van der Waals surface area (Å²) in [5, 5.41) is 13.2. The fourth-order valence-corrected chi connectivity index (χ4v) is 2.94. The van der Waals surface area contributed by atoms with Gasteiger partial charge in [0.2, 0.25) is 0 Å². The molecular formula is C16H23F2NO. The Balaban J connectivity index is 1.79. The summed E-state index contributed by atoms with van der Waals surface area (Å²) >= 11 is 0. The van der Waals surface area contributed by atoms with E-state index in [2.05, 4.69) is 12.2 Å². The van der Waals surface area contributed by atoms with Gasteiger partial charge in [-0.15, -0.1) is 0 Å². The molecule has 3 unspecified atom stereocenters. The highest BCUT2D eigenvalue weighted by atomic mass is 19.2. The molecule has 0 bridgehead atoms. The Morgan fingerprint density at radius 3 is 2.70 bits per heavy atom. The summed E-state index contributed by atoms with van der Waals surface area (Å²) in [5.41, 5.74) is 0.410. The molecule has 1 aromatic carbocycles. The van der Waals surface area contributed by atoms with Crippen LogP contribution in [-0.2, 0) is 0 Å². The van der Waals surface area contributed by atoms with Gasteiger partial charge < -0.3 is 10.4 Å². The van der Waals surface area contributed by atoms with Gasteiger partial charge in [0.1, 0.15) is 0 Å². The van der Waals surface area contributed by atoms with Gasteiger partial charge in [0.15, 0.2) is 11.6 Å². The number of halogens is 2. The van der Waals surface area contributed by atoms with Crippen LogP contribution >= 0.6 is 0 Å². The van der Waals surface area contributed by atoms with Crippen LogP contribution in [-0.4, -0.2) is 18.2 Å². The van der Waals surface area contributed by atoms with E-state index in [1.54, 1.807) is 0 Å². The molecule has 2 nitrogen and oxygen atoms in total. The van der Waals surface area contributed by atoms with Gasteiger partial charge in [-0.05, 0) is 42.5 Å². The molecule has 0 aromatic heterocycles. The summed E-state index contributed by atoms with van der Waals surface area (Å²) in [6, 6.07) is 3.54. The summed E-state index contributed by atoms with van der Waals surface area (Å²) in [7, 11) is 0. The molecule has 4 heteroatoms. The zero-order valence-corrected chi connectivity index (χ0v) is 11.9. The number of benzene rings is 1.